The van der Waals surface area contributed by atoms with Gasteiger partial charge in [-0.15, -0.1) is 0 Å². The number of benzene rings is 2. The van der Waals surface area contributed by atoms with Crippen LogP contribution < -0.4 is 15.4 Å². The molecule has 0 aliphatic carbocycles. The summed E-state index contributed by atoms with van der Waals surface area (Å²) in [5, 5.41) is 30.1. The lowest BCUT2D eigenvalue weighted by atomic mass is 9.92. The number of carbonyl (C=O) groups is 1. The number of alkyl halides is 4. The van der Waals surface area contributed by atoms with E-state index in [1.54, 1.807) is 39.0 Å². The van der Waals surface area contributed by atoms with E-state index in [9.17, 15) is 33.0 Å². The first-order valence-corrected chi connectivity index (χ1v) is 14.5. The fourth-order valence-corrected chi connectivity index (χ4v) is 7.00. The number of hydrogen-bond acceptors (Lipinski definition) is 6. The number of halogens is 5. The molecule has 2 aliphatic rings. The topological polar surface area (TPSA) is 104 Å². The maximum atomic E-state index is 15.8. The summed E-state index contributed by atoms with van der Waals surface area (Å²) in [6.45, 7) is 4.67. The minimum absolute atomic E-state index is 0.00489. The Balaban J connectivity index is 1.65. The van der Waals surface area contributed by atoms with Crippen molar-refractivity contribution < 1.29 is 37.1 Å². The summed E-state index contributed by atoms with van der Waals surface area (Å²) < 4.78 is 58.2. The SMILES string of the molecule is CC(C)(C)[N+]1(C(=O)O)CC[C@H](n2c(O)c(C(Cc3ccc(Cl)cc3C(F)(F)F)=c3ccc4c(c3)C=NN=4)sc2=O)[C@@H](F)C1. The minimum atomic E-state index is -4.73. The summed E-state index contributed by atoms with van der Waals surface area (Å²) in [7, 11) is 0. The van der Waals surface area contributed by atoms with Gasteiger partial charge in [0, 0.05) is 23.4 Å². The standard InChI is InChI=1S/C29H27ClF4N4O4S/c1-28(2,3)38(27(41)42)9-8-23(21(31)14-38)37-25(39)24(43-26(37)40)19(15-5-7-22-17(10-15)13-35-36-22)11-16-4-6-18(30)12-20(16)29(32,33)34/h4-7,10,12-13,21,23H,8-9,11,14H2,1-3H3,(H-,35,36,39,41,42)/p+1/t21-,23-,38?/m0/s1. The summed E-state index contributed by atoms with van der Waals surface area (Å²) in [6, 6.07) is 7.07. The van der Waals surface area contributed by atoms with Crippen LogP contribution in [0.4, 0.5) is 22.4 Å². The van der Waals surface area contributed by atoms with Gasteiger partial charge in [-0.2, -0.15) is 28.2 Å². The zero-order chi connectivity index (χ0) is 31.5. The largest absolute Gasteiger partial charge is 0.514 e. The molecule has 228 valence electrons. The van der Waals surface area contributed by atoms with Gasteiger partial charge in [-0.05, 0) is 61.4 Å². The number of fused-ring (bicyclic) bond motifs is 1. The molecule has 43 heavy (non-hydrogen) atoms. The molecule has 5 rings (SSSR count). The van der Waals surface area contributed by atoms with E-state index in [-0.39, 0.29) is 40.4 Å². The van der Waals surface area contributed by atoms with Crippen molar-refractivity contribution in [2.24, 2.45) is 10.2 Å². The van der Waals surface area contributed by atoms with Crippen molar-refractivity contribution in [1.29, 1.82) is 0 Å². The van der Waals surface area contributed by atoms with Crippen molar-refractivity contribution in [1.82, 2.24) is 4.57 Å². The van der Waals surface area contributed by atoms with E-state index in [2.05, 4.69) is 10.2 Å². The van der Waals surface area contributed by atoms with Crippen molar-refractivity contribution in [3.8, 4) is 5.88 Å². The van der Waals surface area contributed by atoms with E-state index in [4.69, 9.17) is 11.6 Å². The Labute approximate surface area is 252 Å². The molecule has 2 N–H and O–H groups in total. The number of thiazole rings is 1. The number of carboxylic acid groups (broad SMARTS) is 1. The van der Waals surface area contributed by atoms with Gasteiger partial charge in [0.2, 0.25) is 5.88 Å². The Morgan fingerprint density at radius 1 is 1.19 bits per heavy atom. The Morgan fingerprint density at radius 2 is 1.91 bits per heavy atom. The summed E-state index contributed by atoms with van der Waals surface area (Å²) >= 11 is 6.47. The molecule has 1 unspecified atom stereocenters. The Bertz CT molecular complexity index is 1830. The molecular weight excluding hydrogens is 612 g/mol. The van der Waals surface area contributed by atoms with E-state index in [1.165, 1.54) is 18.3 Å². The van der Waals surface area contributed by atoms with Crippen molar-refractivity contribution in [3.63, 3.8) is 0 Å². The van der Waals surface area contributed by atoms with Crippen LogP contribution in [0.1, 0.15) is 54.8 Å². The van der Waals surface area contributed by atoms with Gasteiger partial charge in [0.05, 0.1) is 34.6 Å². The average Bonchev–Trinajstić information content (AvgIpc) is 3.49. The Morgan fingerprint density at radius 3 is 2.53 bits per heavy atom. The second-order valence-electron chi connectivity index (χ2n) is 11.7. The summed E-state index contributed by atoms with van der Waals surface area (Å²) in [5.74, 6) is -0.592. The molecule has 3 aromatic rings. The average molecular weight is 640 g/mol. The first-order chi connectivity index (χ1) is 20.0. The quantitative estimate of drug-likeness (QED) is 0.300. The third-order valence-corrected chi connectivity index (χ3v) is 9.51. The van der Waals surface area contributed by atoms with Crippen molar-refractivity contribution >= 4 is 40.8 Å². The smallest absolute Gasteiger partial charge is 0.493 e. The van der Waals surface area contributed by atoms with Crippen LogP contribution in [-0.4, -0.2) is 56.4 Å². The van der Waals surface area contributed by atoms with Gasteiger partial charge in [-0.25, -0.2) is 8.87 Å². The molecule has 0 radical (unpaired) electrons. The van der Waals surface area contributed by atoms with Gasteiger partial charge in [0.15, 0.2) is 6.17 Å². The monoisotopic (exact) mass is 639 g/mol. The Kier molecular flexibility index (Phi) is 7.81. The van der Waals surface area contributed by atoms with E-state index in [1.807, 2.05) is 0 Å². The van der Waals surface area contributed by atoms with E-state index < -0.39 is 57.4 Å². The number of quaternary nitrogens is 1. The molecule has 8 nitrogen and oxygen atoms in total. The van der Waals surface area contributed by atoms with Crippen molar-refractivity contribution in [3.05, 3.63) is 83.2 Å². The fraction of sp³-hybridized carbons (Fsp3) is 0.379. The van der Waals surface area contributed by atoms with E-state index >= 15 is 4.39 Å². The maximum absolute atomic E-state index is 15.8. The number of aromatic nitrogens is 1. The normalized spacial score (nSPS) is 22.7. The van der Waals surface area contributed by atoms with E-state index in [0.717, 1.165) is 10.6 Å². The lowest BCUT2D eigenvalue weighted by Crippen LogP contribution is -2.68. The van der Waals surface area contributed by atoms with Crippen molar-refractivity contribution in [2.45, 2.75) is 57.5 Å². The molecule has 1 fully saturated rings. The lowest BCUT2D eigenvalue weighted by molar-refractivity contribution is -0.911. The molecular formula is C29H28ClF4N4O4S+. The Hall–Kier alpha value is -3.55. The second kappa shape index (κ2) is 10.9. The van der Waals surface area contributed by atoms with Gasteiger partial charge in [-0.1, -0.05) is 35.1 Å². The molecule has 2 aliphatic heterocycles. The number of nitrogens with zero attached hydrogens (tertiary/aromatic N) is 4. The van der Waals surface area contributed by atoms with E-state index in [0.29, 0.717) is 27.5 Å². The predicted octanol–water partition coefficient (Wildman–Crippen LogP) is 5.27. The molecule has 14 heteroatoms. The van der Waals surface area contributed by atoms with Gasteiger partial charge in [-0.3, -0.25) is 9.36 Å². The molecule has 0 spiro atoms. The zero-order valence-corrected chi connectivity index (χ0v) is 24.9. The third kappa shape index (κ3) is 5.49. The summed E-state index contributed by atoms with van der Waals surface area (Å²) in [4.78, 5) is 24.8. The number of amides is 1. The van der Waals surface area contributed by atoms with Crippen LogP contribution in [0.15, 0.2) is 51.4 Å². The van der Waals surface area contributed by atoms with Crippen LogP contribution in [0.3, 0.4) is 0 Å². The highest BCUT2D eigenvalue weighted by Crippen LogP contribution is 2.41. The highest BCUT2D eigenvalue weighted by Gasteiger charge is 2.54. The molecule has 0 saturated carbocycles. The molecule has 3 heterocycles. The zero-order valence-electron chi connectivity index (χ0n) is 23.3. The predicted molar refractivity (Wildman–Crippen MR) is 154 cm³/mol. The number of likely N-dealkylation sites (tertiary alicyclic amines) is 1. The van der Waals surface area contributed by atoms with Crippen LogP contribution in [0.2, 0.25) is 5.02 Å². The summed E-state index contributed by atoms with van der Waals surface area (Å²) in [5.41, 5.74) is -1.16. The first kappa shape index (κ1) is 30.9. The molecule has 1 saturated heterocycles. The van der Waals surface area contributed by atoms with Crippen LogP contribution in [-0.2, 0) is 12.6 Å². The fourth-order valence-electron chi connectivity index (χ4n) is 5.83. The second-order valence-corrected chi connectivity index (χ2v) is 13.1. The van der Waals surface area contributed by atoms with Gasteiger partial charge < -0.3 is 10.2 Å². The molecule has 1 amide bonds. The number of rotatable bonds is 4. The highest BCUT2D eigenvalue weighted by molar-refractivity contribution is 7.10. The van der Waals surface area contributed by atoms with Gasteiger partial charge in [0.25, 0.3) is 0 Å². The lowest BCUT2D eigenvalue weighted by Gasteiger charge is -2.48. The molecule has 3 atom stereocenters. The van der Waals surface area contributed by atoms with Crippen LogP contribution in [0.25, 0.3) is 5.57 Å². The molecule has 1 aromatic heterocycles. The minimum Gasteiger partial charge on any atom is -0.493 e. The van der Waals surface area contributed by atoms with Gasteiger partial charge in [0.1, 0.15) is 12.1 Å². The van der Waals surface area contributed by atoms with Crippen LogP contribution in [0, 0.1) is 0 Å². The van der Waals surface area contributed by atoms with Crippen LogP contribution >= 0.6 is 22.9 Å². The van der Waals surface area contributed by atoms with Gasteiger partial charge >= 0.3 is 17.1 Å². The number of aromatic hydroxyl groups is 1. The van der Waals surface area contributed by atoms with Crippen LogP contribution in [0.5, 0.6) is 5.88 Å². The summed E-state index contributed by atoms with van der Waals surface area (Å²) in [6.07, 6.45) is -6.66. The number of hydrogen-bond donors (Lipinski definition) is 2. The maximum Gasteiger partial charge on any atom is 0.514 e. The first-order valence-electron chi connectivity index (χ1n) is 13.3. The highest BCUT2D eigenvalue weighted by atomic mass is 35.5. The number of piperidine rings is 1. The molecule has 0 bridgehead atoms. The van der Waals surface area contributed by atoms with Crippen molar-refractivity contribution in [2.75, 3.05) is 13.1 Å². The molecule has 2 aromatic carbocycles. The third-order valence-electron chi connectivity index (χ3n) is 8.27.